The molecular formula is C29H31NO3. The summed E-state index contributed by atoms with van der Waals surface area (Å²) in [5, 5.41) is 0. The number of amides is 1. The molecule has 1 aliphatic rings. The average molecular weight is 442 g/mol. The molecular weight excluding hydrogens is 410 g/mol. The van der Waals surface area contributed by atoms with E-state index in [1.54, 1.807) is 0 Å². The van der Waals surface area contributed by atoms with Crippen LogP contribution in [-0.4, -0.2) is 23.3 Å². The lowest BCUT2D eigenvalue weighted by atomic mass is 9.66. The number of nitrogens with zero attached hydrogens (tertiary/aromatic N) is 1. The van der Waals surface area contributed by atoms with Gasteiger partial charge in [-0.05, 0) is 42.4 Å². The Bertz CT molecular complexity index is 1010. The smallest absolute Gasteiger partial charge is 0.410 e. The maximum Gasteiger partial charge on any atom is 0.410 e. The Morgan fingerprint density at radius 2 is 1.39 bits per heavy atom. The quantitative estimate of drug-likeness (QED) is 0.386. The zero-order valence-electron chi connectivity index (χ0n) is 18.9. The molecule has 0 radical (unpaired) electrons. The third kappa shape index (κ3) is 5.70. The SMILES string of the molecule is O=CCC1(c2ccccc2)CCC(N(Cc2ccccc2)C(=O)OCc2ccccc2)CC1. The van der Waals surface area contributed by atoms with Crippen LogP contribution in [0, 0.1) is 0 Å². The van der Waals surface area contributed by atoms with E-state index >= 15 is 0 Å². The lowest BCUT2D eigenvalue weighted by molar-refractivity contribution is -0.109. The summed E-state index contributed by atoms with van der Waals surface area (Å²) in [6.45, 7) is 0.780. The molecule has 3 aromatic carbocycles. The summed E-state index contributed by atoms with van der Waals surface area (Å²) in [6, 6.07) is 30.2. The van der Waals surface area contributed by atoms with Crippen molar-refractivity contribution in [2.45, 2.75) is 56.7 Å². The highest BCUT2D eigenvalue weighted by molar-refractivity contribution is 5.68. The van der Waals surface area contributed by atoms with Crippen LogP contribution in [0.15, 0.2) is 91.0 Å². The van der Waals surface area contributed by atoms with Crippen LogP contribution in [0.25, 0.3) is 0 Å². The van der Waals surface area contributed by atoms with E-state index in [2.05, 4.69) is 12.1 Å². The number of carbonyl (C=O) groups excluding carboxylic acids is 2. The highest BCUT2D eigenvalue weighted by atomic mass is 16.6. The van der Waals surface area contributed by atoms with Crippen molar-refractivity contribution in [3.8, 4) is 0 Å². The summed E-state index contributed by atoms with van der Waals surface area (Å²) in [5.74, 6) is 0. The van der Waals surface area contributed by atoms with Gasteiger partial charge < -0.3 is 14.4 Å². The highest BCUT2D eigenvalue weighted by Crippen LogP contribution is 2.43. The molecule has 1 amide bonds. The van der Waals surface area contributed by atoms with Crippen LogP contribution in [0.3, 0.4) is 0 Å². The van der Waals surface area contributed by atoms with Gasteiger partial charge in [-0.25, -0.2) is 4.79 Å². The predicted octanol–water partition coefficient (Wildman–Crippen LogP) is 6.30. The van der Waals surface area contributed by atoms with Crippen molar-refractivity contribution in [2.75, 3.05) is 0 Å². The Kier molecular flexibility index (Phi) is 7.56. The fourth-order valence-corrected chi connectivity index (χ4v) is 4.95. The first kappa shape index (κ1) is 22.8. The fourth-order valence-electron chi connectivity index (χ4n) is 4.95. The standard InChI is InChI=1S/C29H31NO3/c31-21-20-29(26-14-8-3-9-15-26)18-16-27(17-19-29)30(22-24-10-4-1-5-11-24)28(32)33-23-25-12-6-2-7-13-25/h1-15,21,27H,16-20,22-23H2. The van der Waals surface area contributed by atoms with Crippen molar-refractivity contribution in [1.82, 2.24) is 4.90 Å². The predicted molar refractivity (Wildman–Crippen MR) is 130 cm³/mol. The van der Waals surface area contributed by atoms with Crippen LogP contribution in [-0.2, 0) is 28.1 Å². The van der Waals surface area contributed by atoms with E-state index in [4.69, 9.17) is 4.74 Å². The third-order valence-corrected chi connectivity index (χ3v) is 6.85. The molecule has 1 aliphatic carbocycles. The first-order valence-corrected chi connectivity index (χ1v) is 11.7. The molecule has 3 aromatic rings. The van der Waals surface area contributed by atoms with Gasteiger partial charge in [0.15, 0.2) is 0 Å². The molecule has 33 heavy (non-hydrogen) atoms. The number of hydrogen-bond acceptors (Lipinski definition) is 3. The number of hydrogen-bond donors (Lipinski definition) is 0. The van der Waals surface area contributed by atoms with E-state index in [9.17, 15) is 9.59 Å². The van der Waals surface area contributed by atoms with Crippen LogP contribution in [0.1, 0.15) is 48.8 Å². The number of benzene rings is 3. The Labute approximate surface area is 196 Å². The molecule has 0 aliphatic heterocycles. The molecule has 1 saturated carbocycles. The maximum absolute atomic E-state index is 13.2. The Morgan fingerprint density at radius 1 is 0.848 bits per heavy atom. The average Bonchev–Trinajstić information content (AvgIpc) is 2.88. The van der Waals surface area contributed by atoms with Gasteiger partial charge in [0.2, 0.25) is 0 Å². The molecule has 4 heteroatoms. The summed E-state index contributed by atoms with van der Waals surface area (Å²) in [7, 11) is 0. The number of rotatable bonds is 8. The van der Waals surface area contributed by atoms with Gasteiger partial charge in [0.25, 0.3) is 0 Å². The van der Waals surface area contributed by atoms with E-state index < -0.39 is 0 Å². The monoisotopic (exact) mass is 441 g/mol. The second-order valence-corrected chi connectivity index (χ2v) is 8.90. The molecule has 0 bridgehead atoms. The molecule has 0 unspecified atom stereocenters. The molecule has 0 saturated heterocycles. The van der Waals surface area contributed by atoms with Gasteiger partial charge in [-0.1, -0.05) is 91.0 Å². The van der Waals surface area contributed by atoms with Gasteiger partial charge in [-0.15, -0.1) is 0 Å². The van der Waals surface area contributed by atoms with E-state index in [-0.39, 0.29) is 24.2 Å². The third-order valence-electron chi connectivity index (χ3n) is 6.85. The van der Waals surface area contributed by atoms with Crippen molar-refractivity contribution < 1.29 is 14.3 Å². The van der Waals surface area contributed by atoms with Gasteiger partial charge in [-0.2, -0.15) is 0 Å². The number of ether oxygens (including phenoxy) is 1. The van der Waals surface area contributed by atoms with Gasteiger partial charge in [0.1, 0.15) is 12.9 Å². The van der Waals surface area contributed by atoms with E-state index in [1.807, 2.05) is 83.8 Å². The second-order valence-electron chi connectivity index (χ2n) is 8.90. The van der Waals surface area contributed by atoms with Crippen molar-refractivity contribution in [3.05, 3.63) is 108 Å². The minimum Gasteiger partial charge on any atom is -0.445 e. The second kappa shape index (κ2) is 11.0. The summed E-state index contributed by atoms with van der Waals surface area (Å²) < 4.78 is 5.73. The van der Waals surface area contributed by atoms with Crippen molar-refractivity contribution in [1.29, 1.82) is 0 Å². The highest BCUT2D eigenvalue weighted by Gasteiger charge is 2.39. The maximum atomic E-state index is 13.2. The van der Waals surface area contributed by atoms with E-state index in [0.29, 0.717) is 13.0 Å². The largest absolute Gasteiger partial charge is 0.445 e. The first-order valence-electron chi connectivity index (χ1n) is 11.7. The number of carbonyl (C=O) groups is 2. The van der Waals surface area contributed by atoms with Crippen molar-refractivity contribution in [3.63, 3.8) is 0 Å². The minimum absolute atomic E-state index is 0.0805. The molecule has 1 fully saturated rings. The zero-order chi connectivity index (χ0) is 22.9. The van der Waals surface area contributed by atoms with Gasteiger partial charge in [-0.3, -0.25) is 0 Å². The molecule has 0 N–H and O–H groups in total. The summed E-state index contributed by atoms with van der Waals surface area (Å²) in [4.78, 5) is 26.7. The Balaban J connectivity index is 1.49. The minimum atomic E-state index is -0.282. The molecule has 4 rings (SSSR count). The molecule has 0 heterocycles. The summed E-state index contributed by atoms with van der Waals surface area (Å²) in [5.41, 5.74) is 3.13. The van der Waals surface area contributed by atoms with Gasteiger partial charge in [0.05, 0.1) is 0 Å². The van der Waals surface area contributed by atoms with Crippen LogP contribution in [0.4, 0.5) is 4.79 Å². The van der Waals surface area contributed by atoms with Crippen LogP contribution >= 0.6 is 0 Å². The first-order chi connectivity index (χ1) is 16.2. The van der Waals surface area contributed by atoms with Crippen LogP contribution < -0.4 is 0 Å². The van der Waals surface area contributed by atoms with Gasteiger partial charge in [0, 0.05) is 24.4 Å². The molecule has 170 valence electrons. The fraction of sp³-hybridized carbons (Fsp3) is 0.310. The van der Waals surface area contributed by atoms with Gasteiger partial charge >= 0.3 is 6.09 Å². The van der Waals surface area contributed by atoms with Crippen molar-refractivity contribution >= 4 is 12.4 Å². The lowest BCUT2D eigenvalue weighted by Crippen LogP contribution is -2.45. The number of aldehydes is 1. The van der Waals surface area contributed by atoms with Crippen LogP contribution in [0.5, 0.6) is 0 Å². The van der Waals surface area contributed by atoms with Crippen LogP contribution in [0.2, 0.25) is 0 Å². The zero-order valence-corrected chi connectivity index (χ0v) is 18.9. The Hall–Kier alpha value is -3.40. The summed E-state index contributed by atoms with van der Waals surface area (Å²) >= 11 is 0. The molecule has 0 spiro atoms. The van der Waals surface area contributed by atoms with E-state index in [0.717, 1.165) is 43.1 Å². The normalized spacial score (nSPS) is 20.1. The lowest BCUT2D eigenvalue weighted by Gasteiger charge is -2.43. The van der Waals surface area contributed by atoms with E-state index in [1.165, 1.54) is 5.56 Å². The molecule has 0 atom stereocenters. The molecule has 0 aromatic heterocycles. The topological polar surface area (TPSA) is 46.6 Å². The molecule has 4 nitrogen and oxygen atoms in total. The Morgan fingerprint density at radius 3 is 1.97 bits per heavy atom. The summed E-state index contributed by atoms with van der Waals surface area (Å²) in [6.07, 6.45) is 4.71. The van der Waals surface area contributed by atoms with Crippen molar-refractivity contribution in [2.24, 2.45) is 0 Å².